The Morgan fingerprint density at radius 1 is 0.970 bits per heavy atom. The van der Waals surface area contributed by atoms with Crippen LogP contribution < -0.4 is 10.1 Å². The number of methoxy groups -OCH3 is 1. The summed E-state index contributed by atoms with van der Waals surface area (Å²) in [7, 11) is 1.66. The first-order valence-corrected chi connectivity index (χ1v) is 11.3. The van der Waals surface area contributed by atoms with Crippen molar-refractivity contribution < 1.29 is 9.53 Å². The molecule has 0 radical (unpaired) electrons. The van der Waals surface area contributed by atoms with Crippen LogP contribution in [0, 0.1) is 6.92 Å². The van der Waals surface area contributed by atoms with E-state index >= 15 is 0 Å². The summed E-state index contributed by atoms with van der Waals surface area (Å²) in [5.74, 6) is 0.836. The number of carbonyl (C=O) groups excluding carboxylic acids is 1. The second-order valence-corrected chi connectivity index (χ2v) is 8.45. The number of aromatic nitrogens is 1. The van der Waals surface area contributed by atoms with Gasteiger partial charge < -0.3 is 14.6 Å². The minimum atomic E-state index is 0.0343. The highest BCUT2D eigenvalue weighted by molar-refractivity contribution is 6.30. The van der Waals surface area contributed by atoms with Crippen molar-refractivity contribution in [3.05, 3.63) is 107 Å². The Morgan fingerprint density at radius 3 is 2.42 bits per heavy atom. The fourth-order valence-corrected chi connectivity index (χ4v) is 4.03. The Balaban J connectivity index is 1.54. The van der Waals surface area contributed by atoms with Gasteiger partial charge in [-0.05, 0) is 73.0 Å². The van der Waals surface area contributed by atoms with Crippen LogP contribution in [-0.2, 0) is 17.8 Å². The van der Waals surface area contributed by atoms with Crippen molar-refractivity contribution >= 4 is 17.5 Å². The first kappa shape index (κ1) is 22.7. The molecule has 4 rings (SSSR count). The van der Waals surface area contributed by atoms with E-state index in [1.807, 2.05) is 60.7 Å². The van der Waals surface area contributed by atoms with Crippen LogP contribution in [0.4, 0.5) is 0 Å². The minimum Gasteiger partial charge on any atom is -0.497 e. The average Bonchev–Trinajstić information content (AvgIpc) is 3.26. The average molecular weight is 459 g/mol. The number of nitrogens with zero attached hydrogens (tertiary/aromatic N) is 1. The van der Waals surface area contributed by atoms with Crippen molar-refractivity contribution in [2.75, 3.05) is 7.11 Å². The van der Waals surface area contributed by atoms with Gasteiger partial charge in [-0.1, -0.05) is 53.6 Å². The van der Waals surface area contributed by atoms with Gasteiger partial charge in [0.15, 0.2) is 0 Å². The summed E-state index contributed by atoms with van der Waals surface area (Å²) in [6.07, 6.45) is 1.03. The molecule has 0 bridgehead atoms. The van der Waals surface area contributed by atoms with Crippen LogP contribution in [0.1, 0.15) is 23.2 Å². The maximum absolute atomic E-state index is 12.6. The number of hydrogen-bond acceptors (Lipinski definition) is 2. The summed E-state index contributed by atoms with van der Waals surface area (Å²) < 4.78 is 7.51. The highest BCUT2D eigenvalue weighted by Crippen LogP contribution is 2.29. The van der Waals surface area contributed by atoms with E-state index in [4.69, 9.17) is 16.3 Å². The first-order chi connectivity index (χ1) is 16.0. The van der Waals surface area contributed by atoms with Crippen molar-refractivity contribution in [1.29, 1.82) is 0 Å². The number of benzene rings is 3. The van der Waals surface area contributed by atoms with E-state index in [-0.39, 0.29) is 5.91 Å². The fourth-order valence-electron chi connectivity index (χ4n) is 3.91. The Bertz CT molecular complexity index is 1230. The number of aryl methyl sites for hydroxylation is 2. The molecule has 0 unspecified atom stereocenters. The number of halogens is 1. The van der Waals surface area contributed by atoms with Gasteiger partial charge in [0.25, 0.3) is 0 Å². The molecule has 1 heterocycles. The molecule has 1 amide bonds. The van der Waals surface area contributed by atoms with Crippen LogP contribution in [0.25, 0.3) is 16.9 Å². The predicted molar refractivity (Wildman–Crippen MR) is 134 cm³/mol. The summed E-state index contributed by atoms with van der Waals surface area (Å²) in [6, 6.07) is 28.1. The standard InChI is InChI=1S/C28H27ClN2O2/c1-20-4-3-5-21(18-20)19-30-28(32)17-13-25-12-16-27(22-6-8-23(29)9-7-22)31(25)24-10-14-26(33-2)15-11-24/h3-12,14-16,18H,13,17,19H2,1-2H3,(H,30,32). The second kappa shape index (κ2) is 10.4. The van der Waals surface area contributed by atoms with Crippen LogP contribution >= 0.6 is 11.6 Å². The van der Waals surface area contributed by atoms with Crippen LogP contribution in [0.2, 0.25) is 5.02 Å². The zero-order chi connectivity index (χ0) is 23.2. The molecule has 0 spiro atoms. The van der Waals surface area contributed by atoms with Gasteiger partial charge in [-0.15, -0.1) is 0 Å². The molecule has 0 saturated heterocycles. The predicted octanol–water partition coefficient (Wildman–Crippen LogP) is 6.36. The number of carbonyl (C=O) groups is 1. The smallest absolute Gasteiger partial charge is 0.220 e. The number of rotatable bonds is 8. The van der Waals surface area contributed by atoms with Crippen molar-refractivity contribution in [3.63, 3.8) is 0 Å². The summed E-state index contributed by atoms with van der Waals surface area (Å²) in [4.78, 5) is 12.6. The highest BCUT2D eigenvalue weighted by atomic mass is 35.5. The third-order valence-electron chi connectivity index (χ3n) is 5.61. The molecule has 0 fully saturated rings. The molecule has 4 aromatic rings. The Morgan fingerprint density at radius 2 is 1.73 bits per heavy atom. The molecule has 0 aliphatic heterocycles. The molecule has 0 aliphatic rings. The highest BCUT2D eigenvalue weighted by Gasteiger charge is 2.14. The summed E-state index contributed by atoms with van der Waals surface area (Å²) in [5, 5.41) is 3.74. The molecular formula is C28H27ClN2O2. The van der Waals surface area contributed by atoms with Crippen molar-refractivity contribution in [2.45, 2.75) is 26.3 Å². The van der Waals surface area contributed by atoms with Crippen molar-refractivity contribution in [3.8, 4) is 22.7 Å². The second-order valence-electron chi connectivity index (χ2n) is 8.02. The van der Waals surface area contributed by atoms with Gasteiger partial charge >= 0.3 is 0 Å². The maximum atomic E-state index is 12.6. The Hall–Kier alpha value is -3.50. The van der Waals surface area contributed by atoms with Gasteiger partial charge in [-0.25, -0.2) is 0 Å². The molecule has 3 aromatic carbocycles. The van der Waals surface area contributed by atoms with E-state index in [1.165, 1.54) is 5.56 Å². The molecule has 1 aromatic heterocycles. The first-order valence-electron chi connectivity index (χ1n) is 11.0. The lowest BCUT2D eigenvalue weighted by Crippen LogP contribution is -2.23. The fraction of sp³-hybridized carbons (Fsp3) is 0.179. The maximum Gasteiger partial charge on any atom is 0.220 e. The monoisotopic (exact) mass is 458 g/mol. The normalized spacial score (nSPS) is 10.8. The number of hydrogen-bond donors (Lipinski definition) is 1. The SMILES string of the molecule is COc1ccc(-n2c(CCC(=O)NCc3cccc(C)c3)ccc2-c2ccc(Cl)cc2)cc1. The van der Waals surface area contributed by atoms with Crippen LogP contribution in [0.15, 0.2) is 84.9 Å². The minimum absolute atomic E-state index is 0.0343. The van der Waals surface area contributed by atoms with Gasteiger partial charge in [0.2, 0.25) is 5.91 Å². The molecule has 4 nitrogen and oxygen atoms in total. The quantitative estimate of drug-likeness (QED) is 0.333. The number of nitrogens with one attached hydrogen (secondary N) is 1. The largest absolute Gasteiger partial charge is 0.497 e. The third kappa shape index (κ3) is 5.65. The lowest BCUT2D eigenvalue weighted by atomic mass is 10.1. The zero-order valence-corrected chi connectivity index (χ0v) is 19.6. The molecule has 168 valence electrons. The van der Waals surface area contributed by atoms with Crippen LogP contribution in [-0.4, -0.2) is 17.6 Å². The van der Waals surface area contributed by atoms with E-state index in [0.717, 1.165) is 34.0 Å². The van der Waals surface area contributed by atoms with Gasteiger partial charge in [-0.3, -0.25) is 4.79 Å². The molecule has 33 heavy (non-hydrogen) atoms. The van der Waals surface area contributed by atoms with Crippen molar-refractivity contribution in [2.24, 2.45) is 0 Å². The molecule has 0 saturated carbocycles. The Labute approximate surface area is 199 Å². The van der Waals surface area contributed by atoms with E-state index < -0.39 is 0 Å². The molecule has 1 N–H and O–H groups in total. The van der Waals surface area contributed by atoms with E-state index in [1.54, 1.807) is 7.11 Å². The van der Waals surface area contributed by atoms with E-state index in [2.05, 4.69) is 41.1 Å². The van der Waals surface area contributed by atoms with Gasteiger partial charge in [0.05, 0.1) is 12.8 Å². The van der Waals surface area contributed by atoms with Crippen LogP contribution in [0.3, 0.4) is 0 Å². The number of amides is 1. The van der Waals surface area contributed by atoms with Gasteiger partial charge in [-0.2, -0.15) is 0 Å². The summed E-state index contributed by atoms with van der Waals surface area (Å²) in [6.45, 7) is 2.59. The topological polar surface area (TPSA) is 43.3 Å². The van der Waals surface area contributed by atoms with Gasteiger partial charge in [0.1, 0.15) is 5.75 Å². The summed E-state index contributed by atoms with van der Waals surface area (Å²) in [5.41, 5.74) is 6.48. The van der Waals surface area contributed by atoms with Crippen molar-refractivity contribution in [1.82, 2.24) is 9.88 Å². The van der Waals surface area contributed by atoms with Crippen LogP contribution in [0.5, 0.6) is 5.75 Å². The molecule has 0 aliphatic carbocycles. The molecular weight excluding hydrogens is 432 g/mol. The molecule has 0 atom stereocenters. The van der Waals surface area contributed by atoms with E-state index in [0.29, 0.717) is 24.4 Å². The summed E-state index contributed by atoms with van der Waals surface area (Å²) >= 11 is 6.10. The zero-order valence-electron chi connectivity index (χ0n) is 18.8. The lowest BCUT2D eigenvalue weighted by Gasteiger charge is -2.15. The molecule has 5 heteroatoms. The Kier molecular flexibility index (Phi) is 7.16. The van der Waals surface area contributed by atoms with E-state index in [9.17, 15) is 4.79 Å². The van der Waals surface area contributed by atoms with Gasteiger partial charge in [0, 0.05) is 29.4 Å². The third-order valence-corrected chi connectivity index (χ3v) is 5.86. The lowest BCUT2D eigenvalue weighted by molar-refractivity contribution is -0.121. The number of ether oxygens (including phenoxy) is 1.